The van der Waals surface area contributed by atoms with Gasteiger partial charge in [-0.3, -0.25) is 0 Å². The number of thiophene rings is 1. The first kappa shape index (κ1) is 12.2. The van der Waals surface area contributed by atoms with Crippen LogP contribution in [0.25, 0.3) is 0 Å². The molecule has 98 valence electrons. The zero-order valence-electron chi connectivity index (χ0n) is 10.9. The summed E-state index contributed by atoms with van der Waals surface area (Å²) in [6, 6.07) is 12.4. The Hall–Kier alpha value is -1.81. The molecule has 1 aliphatic heterocycles. The summed E-state index contributed by atoms with van der Waals surface area (Å²) >= 11 is 1.84. The van der Waals surface area contributed by atoms with Gasteiger partial charge in [0.2, 0.25) is 0 Å². The summed E-state index contributed by atoms with van der Waals surface area (Å²) < 4.78 is 0. The first-order valence-corrected chi connectivity index (χ1v) is 7.36. The van der Waals surface area contributed by atoms with E-state index >= 15 is 0 Å². The summed E-state index contributed by atoms with van der Waals surface area (Å²) in [6.45, 7) is 3.13. The van der Waals surface area contributed by atoms with Crippen LogP contribution in [0.5, 0.6) is 0 Å². The van der Waals surface area contributed by atoms with E-state index in [1.165, 1.54) is 10.4 Å². The standard InChI is InChI=1S/C15H17N3S/c1-11-13-8-10-19-14(13)7-9-18(11)15(16)17-12-5-3-2-4-6-12/h2-6,8,10-11H,7,9H2,1H3,(H2,16,17). The molecule has 1 atom stereocenters. The van der Waals surface area contributed by atoms with Crippen LogP contribution in [0, 0.1) is 0 Å². The van der Waals surface area contributed by atoms with E-state index in [4.69, 9.17) is 5.73 Å². The van der Waals surface area contributed by atoms with Gasteiger partial charge in [-0.05, 0) is 42.5 Å². The van der Waals surface area contributed by atoms with E-state index in [1.807, 2.05) is 41.7 Å². The number of hydrogen-bond acceptors (Lipinski definition) is 2. The summed E-state index contributed by atoms with van der Waals surface area (Å²) in [5.41, 5.74) is 8.47. The minimum atomic E-state index is 0.308. The molecule has 2 aromatic rings. The fourth-order valence-corrected chi connectivity index (χ4v) is 3.48. The molecule has 1 aromatic carbocycles. The van der Waals surface area contributed by atoms with Crippen LogP contribution in [0.1, 0.15) is 23.4 Å². The molecule has 0 radical (unpaired) electrons. The fourth-order valence-electron chi connectivity index (χ4n) is 2.52. The van der Waals surface area contributed by atoms with Crippen molar-refractivity contribution in [2.75, 3.05) is 6.54 Å². The molecule has 2 heterocycles. The highest BCUT2D eigenvalue weighted by Crippen LogP contribution is 2.32. The number of nitrogens with zero attached hydrogens (tertiary/aromatic N) is 2. The number of fused-ring (bicyclic) bond motifs is 1. The zero-order valence-corrected chi connectivity index (χ0v) is 11.7. The number of guanidine groups is 1. The van der Waals surface area contributed by atoms with E-state index in [0.29, 0.717) is 12.0 Å². The van der Waals surface area contributed by atoms with E-state index in [-0.39, 0.29) is 0 Å². The van der Waals surface area contributed by atoms with Crippen molar-refractivity contribution < 1.29 is 0 Å². The number of aliphatic imine (C=N–C) groups is 1. The third-order valence-electron chi connectivity index (χ3n) is 3.57. The highest BCUT2D eigenvalue weighted by molar-refractivity contribution is 7.10. The molecule has 3 rings (SSSR count). The second-order valence-electron chi connectivity index (χ2n) is 4.72. The Balaban J connectivity index is 1.86. The lowest BCUT2D eigenvalue weighted by atomic mass is 10.0. The maximum Gasteiger partial charge on any atom is 0.197 e. The second kappa shape index (κ2) is 5.05. The van der Waals surface area contributed by atoms with Gasteiger partial charge in [0.15, 0.2) is 5.96 Å². The topological polar surface area (TPSA) is 41.6 Å². The van der Waals surface area contributed by atoms with E-state index in [1.54, 1.807) is 0 Å². The van der Waals surface area contributed by atoms with Crippen LogP contribution < -0.4 is 5.73 Å². The van der Waals surface area contributed by atoms with Crippen LogP contribution in [-0.2, 0) is 6.42 Å². The predicted octanol–water partition coefficient (Wildman–Crippen LogP) is 3.31. The minimum absolute atomic E-state index is 0.308. The Morgan fingerprint density at radius 1 is 1.32 bits per heavy atom. The second-order valence-corrected chi connectivity index (χ2v) is 5.72. The Morgan fingerprint density at radius 3 is 2.89 bits per heavy atom. The van der Waals surface area contributed by atoms with Crippen LogP contribution in [0.4, 0.5) is 5.69 Å². The largest absolute Gasteiger partial charge is 0.369 e. The molecule has 1 aliphatic rings. The van der Waals surface area contributed by atoms with Gasteiger partial charge in [0.1, 0.15) is 0 Å². The highest BCUT2D eigenvalue weighted by atomic mass is 32.1. The van der Waals surface area contributed by atoms with Crippen molar-refractivity contribution in [2.45, 2.75) is 19.4 Å². The molecule has 0 fully saturated rings. The molecular weight excluding hydrogens is 254 g/mol. The quantitative estimate of drug-likeness (QED) is 0.638. The number of rotatable bonds is 1. The monoisotopic (exact) mass is 271 g/mol. The summed E-state index contributed by atoms with van der Waals surface area (Å²) in [5, 5.41) is 2.16. The molecular formula is C15H17N3S. The van der Waals surface area contributed by atoms with Crippen LogP contribution >= 0.6 is 11.3 Å². The first-order chi connectivity index (χ1) is 9.25. The van der Waals surface area contributed by atoms with Gasteiger partial charge in [0, 0.05) is 11.4 Å². The third kappa shape index (κ3) is 2.36. The van der Waals surface area contributed by atoms with Gasteiger partial charge in [-0.2, -0.15) is 0 Å². The maximum atomic E-state index is 6.18. The minimum Gasteiger partial charge on any atom is -0.369 e. The average molecular weight is 271 g/mol. The van der Waals surface area contributed by atoms with Crippen molar-refractivity contribution in [3.63, 3.8) is 0 Å². The lowest BCUT2D eigenvalue weighted by Gasteiger charge is -2.34. The molecule has 3 nitrogen and oxygen atoms in total. The Kier molecular flexibility index (Phi) is 3.25. The van der Waals surface area contributed by atoms with Gasteiger partial charge in [-0.25, -0.2) is 4.99 Å². The predicted molar refractivity (Wildman–Crippen MR) is 80.9 cm³/mol. The van der Waals surface area contributed by atoms with Crippen LogP contribution in [0.15, 0.2) is 46.8 Å². The van der Waals surface area contributed by atoms with E-state index in [2.05, 4.69) is 28.3 Å². The molecule has 0 bridgehead atoms. The van der Waals surface area contributed by atoms with Crippen molar-refractivity contribution >= 4 is 23.0 Å². The molecule has 4 heteroatoms. The zero-order chi connectivity index (χ0) is 13.2. The van der Waals surface area contributed by atoms with Gasteiger partial charge < -0.3 is 10.6 Å². The molecule has 0 saturated heterocycles. The van der Waals surface area contributed by atoms with Gasteiger partial charge in [-0.15, -0.1) is 11.3 Å². The third-order valence-corrected chi connectivity index (χ3v) is 4.57. The number of nitrogens with two attached hydrogens (primary N) is 1. The van der Waals surface area contributed by atoms with E-state index in [0.717, 1.165) is 18.7 Å². The van der Waals surface area contributed by atoms with Gasteiger partial charge >= 0.3 is 0 Å². The van der Waals surface area contributed by atoms with Crippen molar-refractivity contribution in [1.29, 1.82) is 0 Å². The summed E-state index contributed by atoms with van der Waals surface area (Å²) in [6.07, 6.45) is 1.06. The van der Waals surface area contributed by atoms with Gasteiger partial charge in [0.25, 0.3) is 0 Å². The summed E-state index contributed by atoms with van der Waals surface area (Å²) in [5.74, 6) is 0.607. The van der Waals surface area contributed by atoms with E-state index in [9.17, 15) is 0 Å². The van der Waals surface area contributed by atoms with Crippen LogP contribution in [0.2, 0.25) is 0 Å². The summed E-state index contributed by atoms with van der Waals surface area (Å²) in [4.78, 5) is 8.18. The Bertz CT molecular complexity index is 588. The van der Waals surface area contributed by atoms with Crippen molar-refractivity contribution in [3.8, 4) is 0 Å². The molecule has 19 heavy (non-hydrogen) atoms. The molecule has 1 aromatic heterocycles. The molecule has 0 amide bonds. The molecule has 1 unspecified atom stereocenters. The maximum absolute atomic E-state index is 6.18. The smallest absolute Gasteiger partial charge is 0.197 e. The Morgan fingerprint density at radius 2 is 2.11 bits per heavy atom. The van der Waals surface area contributed by atoms with Gasteiger partial charge in [-0.1, -0.05) is 18.2 Å². The molecule has 0 aliphatic carbocycles. The molecule has 0 spiro atoms. The van der Waals surface area contributed by atoms with Crippen LogP contribution in [-0.4, -0.2) is 17.4 Å². The number of benzene rings is 1. The molecule has 2 N–H and O–H groups in total. The van der Waals surface area contributed by atoms with Crippen molar-refractivity contribution in [3.05, 3.63) is 52.2 Å². The van der Waals surface area contributed by atoms with E-state index < -0.39 is 0 Å². The molecule has 0 saturated carbocycles. The SMILES string of the molecule is CC1c2ccsc2CCN1C(N)=Nc1ccccc1. The average Bonchev–Trinajstić information content (AvgIpc) is 2.89. The fraction of sp³-hybridized carbons (Fsp3) is 0.267. The lowest BCUT2D eigenvalue weighted by molar-refractivity contribution is 0.318. The van der Waals surface area contributed by atoms with Crippen molar-refractivity contribution in [2.24, 2.45) is 10.7 Å². The van der Waals surface area contributed by atoms with Crippen LogP contribution in [0.3, 0.4) is 0 Å². The highest BCUT2D eigenvalue weighted by Gasteiger charge is 2.25. The normalized spacial score (nSPS) is 19.3. The summed E-state index contributed by atoms with van der Waals surface area (Å²) in [7, 11) is 0. The first-order valence-electron chi connectivity index (χ1n) is 6.48. The van der Waals surface area contributed by atoms with Gasteiger partial charge in [0.05, 0.1) is 11.7 Å². The number of para-hydroxylation sites is 1. The Labute approximate surface area is 117 Å². The number of hydrogen-bond donors (Lipinski definition) is 1. The lowest BCUT2D eigenvalue weighted by Crippen LogP contribution is -2.42. The van der Waals surface area contributed by atoms with Crippen molar-refractivity contribution in [1.82, 2.24) is 4.90 Å².